The Morgan fingerprint density at radius 1 is 1.08 bits per heavy atom. The molecule has 2 aromatic heterocycles. The normalized spacial score (nSPS) is 21.4. The topological polar surface area (TPSA) is 118 Å². The lowest BCUT2D eigenvalue weighted by Gasteiger charge is -2.49. The van der Waals surface area contributed by atoms with Crippen LogP contribution in [0.25, 0.3) is 11.1 Å². The fourth-order valence-electron chi connectivity index (χ4n) is 6.84. The second-order valence-corrected chi connectivity index (χ2v) is 14.8. The molecule has 254 valence electrons. The minimum absolute atomic E-state index is 0.00497. The van der Waals surface area contributed by atoms with Crippen LogP contribution in [0.4, 0.5) is 37.5 Å². The van der Waals surface area contributed by atoms with Crippen molar-refractivity contribution in [2.45, 2.75) is 25.4 Å². The molecule has 15 heteroatoms. The van der Waals surface area contributed by atoms with Crippen LogP contribution in [0.1, 0.15) is 24.9 Å². The predicted octanol–water partition coefficient (Wildman–Crippen LogP) is 4.49. The lowest BCUT2D eigenvalue weighted by molar-refractivity contribution is 0.122. The van der Waals surface area contributed by atoms with Crippen molar-refractivity contribution in [1.82, 2.24) is 19.7 Å². The number of nitrogens with zero attached hydrogens (tertiary/aromatic N) is 7. The van der Waals surface area contributed by atoms with Gasteiger partial charge in [-0.05, 0) is 25.1 Å². The summed E-state index contributed by atoms with van der Waals surface area (Å²) in [6.07, 6.45) is 6.95. The largest absolute Gasteiger partial charge is 0.378 e. The van der Waals surface area contributed by atoms with Crippen molar-refractivity contribution < 1.29 is 26.8 Å². The molecule has 5 heterocycles. The molecular weight excluding hydrogens is 642 g/mol. The molecule has 0 amide bonds. The highest BCUT2D eigenvalue weighted by Crippen LogP contribution is 2.46. The van der Waals surface area contributed by atoms with Crippen LogP contribution in [0.5, 0.6) is 0 Å². The van der Waals surface area contributed by atoms with Gasteiger partial charge in [0.25, 0.3) is 0 Å². The molecule has 3 fully saturated rings. The second kappa shape index (κ2) is 12.9. The van der Waals surface area contributed by atoms with E-state index in [1.165, 1.54) is 23.7 Å². The van der Waals surface area contributed by atoms with Crippen LogP contribution in [0, 0.1) is 17.6 Å². The molecule has 3 aliphatic rings. The van der Waals surface area contributed by atoms with Gasteiger partial charge in [-0.2, -0.15) is 5.10 Å². The maximum Gasteiger partial charge on any atom is 0.164 e. The van der Waals surface area contributed by atoms with E-state index in [4.69, 9.17) is 9.57 Å². The van der Waals surface area contributed by atoms with Gasteiger partial charge in [-0.1, -0.05) is 12.1 Å². The average molecular weight is 681 g/mol. The van der Waals surface area contributed by atoms with Gasteiger partial charge in [0.2, 0.25) is 0 Å². The summed E-state index contributed by atoms with van der Waals surface area (Å²) in [5.41, 5.74) is 4.84. The van der Waals surface area contributed by atoms with Gasteiger partial charge in [0, 0.05) is 86.0 Å². The maximum atomic E-state index is 14.8. The van der Waals surface area contributed by atoms with E-state index in [0.29, 0.717) is 57.5 Å². The van der Waals surface area contributed by atoms with Crippen molar-refractivity contribution in [1.29, 1.82) is 0 Å². The molecule has 1 N–H and O–H groups in total. The van der Waals surface area contributed by atoms with Crippen LogP contribution < -0.4 is 20.2 Å². The third-order valence-corrected chi connectivity index (χ3v) is 10.3. The number of anilines is 5. The van der Waals surface area contributed by atoms with Gasteiger partial charge >= 0.3 is 0 Å². The van der Waals surface area contributed by atoms with E-state index in [0.717, 1.165) is 34.3 Å². The van der Waals surface area contributed by atoms with Crippen molar-refractivity contribution in [2.24, 2.45) is 13.0 Å². The minimum Gasteiger partial charge on any atom is -0.378 e. The standard InChI is InChI=1S/C33H38F2N8O4S/c1-21-23(19-48(3,44)45)18-42(21)29-14-24(13-26(22-16-38-40(2)17-22)33(29)41-8-11-46-12-9-41)39-30-15-31(37-20-36-30)43-28(7-10-47-43)25-5-4-6-27(34)32(25)35/h4-6,13-17,20-21,23,28H,7-12,18-19H2,1-3H3,(H,36,37,39)/t21-,23-,28?/m1/s1. The molecular formula is C33H38F2N8O4S. The molecule has 0 saturated carbocycles. The van der Waals surface area contributed by atoms with Gasteiger partial charge in [-0.25, -0.2) is 32.2 Å². The molecule has 7 rings (SSSR count). The number of sulfone groups is 1. The lowest BCUT2D eigenvalue weighted by Crippen LogP contribution is -2.57. The summed E-state index contributed by atoms with van der Waals surface area (Å²) in [5, 5.41) is 9.39. The summed E-state index contributed by atoms with van der Waals surface area (Å²) in [6.45, 7) is 5.60. The Balaban J connectivity index is 1.26. The van der Waals surface area contributed by atoms with Crippen LogP contribution in [0.3, 0.4) is 0 Å². The third kappa shape index (κ3) is 6.41. The molecule has 1 unspecified atom stereocenters. The molecule has 2 aromatic carbocycles. The van der Waals surface area contributed by atoms with Gasteiger partial charge < -0.3 is 19.9 Å². The second-order valence-electron chi connectivity index (χ2n) is 12.6. The van der Waals surface area contributed by atoms with Crippen LogP contribution in [-0.4, -0.2) is 85.7 Å². The summed E-state index contributed by atoms with van der Waals surface area (Å²) < 4.78 is 60.7. The van der Waals surface area contributed by atoms with E-state index in [1.807, 2.05) is 19.4 Å². The van der Waals surface area contributed by atoms with E-state index in [-0.39, 0.29) is 23.3 Å². The third-order valence-electron chi connectivity index (χ3n) is 9.26. The maximum absolute atomic E-state index is 14.8. The van der Waals surface area contributed by atoms with Crippen LogP contribution >= 0.6 is 0 Å². The van der Waals surface area contributed by atoms with E-state index in [2.05, 4.69) is 49.2 Å². The van der Waals surface area contributed by atoms with Crippen molar-refractivity contribution in [3.05, 3.63) is 72.3 Å². The van der Waals surface area contributed by atoms with E-state index in [1.54, 1.807) is 16.8 Å². The summed E-state index contributed by atoms with van der Waals surface area (Å²) in [7, 11) is -1.26. The first-order chi connectivity index (χ1) is 23.1. The molecule has 0 aliphatic carbocycles. The first-order valence-corrected chi connectivity index (χ1v) is 18.0. The van der Waals surface area contributed by atoms with Crippen molar-refractivity contribution in [3.63, 3.8) is 0 Å². The molecule has 4 aromatic rings. The van der Waals surface area contributed by atoms with E-state index >= 15 is 0 Å². The molecule has 12 nitrogen and oxygen atoms in total. The molecule has 0 spiro atoms. The zero-order valence-electron chi connectivity index (χ0n) is 27.0. The highest BCUT2D eigenvalue weighted by molar-refractivity contribution is 7.90. The number of hydrogen-bond donors (Lipinski definition) is 1. The number of ether oxygens (including phenoxy) is 1. The number of hydroxylamine groups is 1. The van der Waals surface area contributed by atoms with E-state index < -0.39 is 27.5 Å². The Kier molecular flexibility index (Phi) is 8.68. The van der Waals surface area contributed by atoms with E-state index in [9.17, 15) is 17.2 Å². The summed E-state index contributed by atoms with van der Waals surface area (Å²) >= 11 is 0. The van der Waals surface area contributed by atoms with Gasteiger partial charge in [-0.15, -0.1) is 0 Å². The SMILES string of the molecule is C[C@@H]1[C@@H](CS(C)(=O)=O)CN1c1cc(Nc2cc(N3OCCC3c3cccc(F)c3F)ncn2)cc(-c2cnn(C)c2)c1N1CCOCC1. The Hall–Kier alpha value is -4.34. The first-order valence-electron chi connectivity index (χ1n) is 15.9. The van der Waals surface area contributed by atoms with Crippen molar-refractivity contribution >= 4 is 38.5 Å². The number of morpholine rings is 1. The zero-order valence-corrected chi connectivity index (χ0v) is 27.8. The molecule has 3 aliphatic heterocycles. The monoisotopic (exact) mass is 680 g/mol. The molecule has 48 heavy (non-hydrogen) atoms. The molecule has 0 bridgehead atoms. The Morgan fingerprint density at radius 3 is 2.62 bits per heavy atom. The number of halogens is 2. The predicted molar refractivity (Wildman–Crippen MR) is 179 cm³/mol. The quantitative estimate of drug-likeness (QED) is 0.270. The van der Waals surface area contributed by atoms with Crippen LogP contribution in [-0.2, 0) is 26.5 Å². The molecule has 3 atom stereocenters. The molecule has 0 radical (unpaired) electrons. The van der Waals surface area contributed by atoms with Gasteiger partial charge in [0.1, 0.15) is 22.0 Å². The fourth-order valence-corrected chi connectivity index (χ4v) is 8.00. The van der Waals surface area contributed by atoms with Crippen LogP contribution in [0.15, 0.2) is 55.1 Å². The number of rotatable bonds is 9. The fraction of sp³-hybridized carbons (Fsp3) is 0.424. The highest BCUT2D eigenvalue weighted by atomic mass is 32.2. The Labute approximate surface area is 278 Å². The number of aromatic nitrogens is 4. The number of nitrogens with one attached hydrogen (secondary N) is 1. The van der Waals surface area contributed by atoms with Crippen LogP contribution in [0.2, 0.25) is 0 Å². The minimum atomic E-state index is -3.13. The summed E-state index contributed by atoms with van der Waals surface area (Å²) in [4.78, 5) is 19.3. The number of aryl methyl sites for hydroxylation is 1. The smallest absolute Gasteiger partial charge is 0.164 e. The zero-order chi connectivity index (χ0) is 33.6. The summed E-state index contributed by atoms with van der Waals surface area (Å²) in [5.74, 6) is -0.798. The highest BCUT2D eigenvalue weighted by Gasteiger charge is 2.40. The number of benzene rings is 2. The summed E-state index contributed by atoms with van der Waals surface area (Å²) in [6, 6.07) is 9.40. The van der Waals surface area contributed by atoms with Gasteiger partial charge in [-0.3, -0.25) is 9.52 Å². The Bertz CT molecular complexity index is 1920. The molecule has 3 saturated heterocycles. The van der Waals surface area contributed by atoms with Crippen molar-refractivity contribution in [3.8, 4) is 11.1 Å². The van der Waals surface area contributed by atoms with Crippen molar-refractivity contribution in [2.75, 3.05) is 71.6 Å². The number of hydrogen-bond acceptors (Lipinski definition) is 11. The first kappa shape index (κ1) is 32.2. The van der Waals surface area contributed by atoms with Gasteiger partial charge in [0.05, 0.1) is 49.2 Å². The average Bonchev–Trinajstić information content (AvgIpc) is 3.73. The Morgan fingerprint density at radius 2 is 1.90 bits per heavy atom. The lowest BCUT2D eigenvalue weighted by atomic mass is 9.89. The van der Waals surface area contributed by atoms with Gasteiger partial charge in [0.15, 0.2) is 17.5 Å².